The first-order valence-electron chi connectivity index (χ1n) is 11.7. The number of carbonyl (C=O) groups excluding carboxylic acids is 2. The maximum atomic E-state index is 13.8. The lowest BCUT2D eigenvalue weighted by Gasteiger charge is -2.41. The molecule has 0 spiro atoms. The van der Waals surface area contributed by atoms with Gasteiger partial charge in [0.15, 0.2) is 23.0 Å². The van der Waals surface area contributed by atoms with Crippen molar-refractivity contribution in [1.82, 2.24) is 10.2 Å². The fourth-order valence-corrected chi connectivity index (χ4v) is 4.54. The van der Waals surface area contributed by atoms with Gasteiger partial charge in [0.1, 0.15) is 11.5 Å². The third-order valence-corrected chi connectivity index (χ3v) is 6.06. The van der Waals surface area contributed by atoms with Crippen molar-refractivity contribution in [2.24, 2.45) is 0 Å². The minimum absolute atomic E-state index is 0.0226. The molecular formula is C26H30N2O9. The molecule has 4 rings (SSSR count). The highest BCUT2D eigenvalue weighted by Crippen LogP contribution is 2.47. The van der Waals surface area contributed by atoms with Crippen molar-refractivity contribution >= 4 is 18.0 Å². The van der Waals surface area contributed by atoms with Crippen molar-refractivity contribution in [3.05, 3.63) is 47.0 Å². The quantitative estimate of drug-likeness (QED) is 0.571. The number of alkyl carbamates (subject to hydrolysis) is 1. The van der Waals surface area contributed by atoms with Crippen molar-refractivity contribution in [3.8, 4) is 23.0 Å². The molecule has 0 unspecified atom stereocenters. The summed E-state index contributed by atoms with van der Waals surface area (Å²) < 4.78 is 26.9. The van der Waals surface area contributed by atoms with Crippen LogP contribution < -0.4 is 24.3 Å². The fourth-order valence-electron chi connectivity index (χ4n) is 4.54. The van der Waals surface area contributed by atoms with Gasteiger partial charge in [-0.1, -0.05) is 6.07 Å². The predicted octanol–water partition coefficient (Wildman–Crippen LogP) is 3.32. The summed E-state index contributed by atoms with van der Waals surface area (Å²) in [5, 5.41) is 13.0. The number of nitrogens with one attached hydrogen (secondary N) is 1. The first kappa shape index (κ1) is 25.9. The first-order valence-corrected chi connectivity index (χ1v) is 11.7. The number of hydrogen-bond donors (Lipinski definition) is 2. The van der Waals surface area contributed by atoms with Gasteiger partial charge in [-0.15, -0.1) is 0 Å². The number of carbonyl (C=O) groups is 3. The standard InChI is InChI=1S/C26H30N2O9/c1-26(2,3)37-25(32)27-8-9-28-22(14-6-7-17-20(10-14)36-13-35-17)21(24(30)31)15-11-18(33-4)19(34-5)12-16(15)23(28)29/h6-7,10-12,21-22H,8-9,13H2,1-5H3,(H,27,32)(H,30,31)/t21-,22-/m1/s1. The molecule has 2 aliphatic heterocycles. The van der Waals surface area contributed by atoms with E-state index in [1.165, 1.54) is 31.3 Å². The zero-order chi connectivity index (χ0) is 26.9. The molecule has 2 atom stereocenters. The molecule has 11 nitrogen and oxygen atoms in total. The third kappa shape index (κ3) is 5.20. The molecule has 11 heteroatoms. The maximum Gasteiger partial charge on any atom is 0.407 e. The van der Waals surface area contributed by atoms with Gasteiger partial charge in [-0.3, -0.25) is 9.59 Å². The number of fused-ring (bicyclic) bond motifs is 2. The summed E-state index contributed by atoms with van der Waals surface area (Å²) >= 11 is 0. The summed E-state index contributed by atoms with van der Waals surface area (Å²) in [7, 11) is 2.87. The van der Waals surface area contributed by atoms with E-state index < -0.39 is 35.5 Å². The highest BCUT2D eigenvalue weighted by Gasteiger charge is 2.45. The second-order valence-corrected chi connectivity index (χ2v) is 9.60. The monoisotopic (exact) mass is 514 g/mol. The molecule has 0 saturated heterocycles. The molecule has 2 N–H and O–H groups in total. The van der Waals surface area contributed by atoms with Crippen LogP contribution in [-0.4, -0.2) is 67.7 Å². The summed E-state index contributed by atoms with van der Waals surface area (Å²) in [6.45, 7) is 5.34. The highest BCUT2D eigenvalue weighted by atomic mass is 16.7. The fraction of sp³-hybridized carbons (Fsp3) is 0.423. The number of hydrogen-bond acceptors (Lipinski definition) is 8. The number of nitrogens with zero attached hydrogens (tertiary/aromatic N) is 1. The average Bonchev–Trinajstić information content (AvgIpc) is 3.31. The molecule has 2 aliphatic rings. The van der Waals surface area contributed by atoms with Gasteiger partial charge in [0.2, 0.25) is 6.79 Å². The average molecular weight is 515 g/mol. The molecule has 2 aromatic carbocycles. The third-order valence-electron chi connectivity index (χ3n) is 6.06. The van der Waals surface area contributed by atoms with Gasteiger partial charge in [0.05, 0.1) is 20.3 Å². The number of ether oxygens (including phenoxy) is 5. The Morgan fingerprint density at radius 1 is 1.08 bits per heavy atom. The van der Waals surface area contributed by atoms with Crippen LogP contribution in [0.5, 0.6) is 23.0 Å². The molecule has 0 radical (unpaired) electrons. The first-order chi connectivity index (χ1) is 17.5. The summed E-state index contributed by atoms with van der Waals surface area (Å²) in [6.07, 6.45) is -0.641. The lowest BCUT2D eigenvalue weighted by molar-refractivity contribution is -0.140. The number of carboxylic acids is 1. The molecule has 37 heavy (non-hydrogen) atoms. The number of benzene rings is 2. The van der Waals surface area contributed by atoms with Gasteiger partial charge in [-0.05, 0) is 56.2 Å². The van der Waals surface area contributed by atoms with Gasteiger partial charge < -0.3 is 39.0 Å². The van der Waals surface area contributed by atoms with E-state index in [-0.39, 0.29) is 25.4 Å². The van der Waals surface area contributed by atoms with Crippen LogP contribution in [0.4, 0.5) is 4.79 Å². The summed E-state index contributed by atoms with van der Waals surface area (Å²) in [4.78, 5) is 40.2. The Labute approximate surface area is 214 Å². The van der Waals surface area contributed by atoms with E-state index in [2.05, 4.69) is 5.32 Å². The second-order valence-electron chi connectivity index (χ2n) is 9.60. The molecular weight excluding hydrogens is 484 g/mol. The van der Waals surface area contributed by atoms with E-state index in [4.69, 9.17) is 23.7 Å². The Morgan fingerprint density at radius 3 is 2.41 bits per heavy atom. The van der Waals surface area contributed by atoms with E-state index in [0.29, 0.717) is 34.1 Å². The zero-order valence-electron chi connectivity index (χ0n) is 21.3. The maximum absolute atomic E-state index is 13.8. The molecule has 0 aliphatic carbocycles. The lowest BCUT2D eigenvalue weighted by atomic mass is 9.79. The van der Waals surface area contributed by atoms with E-state index in [1.807, 2.05) is 0 Å². The summed E-state index contributed by atoms with van der Waals surface area (Å²) in [5.41, 5.74) is 0.333. The predicted molar refractivity (Wildman–Crippen MR) is 131 cm³/mol. The normalized spacial score (nSPS) is 18.2. The Bertz CT molecular complexity index is 1220. The van der Waals surface area contributed by atoms with Crippen molar-refractivity contribution in [2.75, 3.05) is 34.1 Å². The topological polar surface area (TPSA) is 133 Å². The molecule has 0 saturated carbocycles. The largest absolute Gasteiger partial charge is 0.493 e. The lowest BCUT2D eigenvalue weighted by Crippen LogP contribution is -2.48. The number of rotatable bonds is 7. The van der Waals surface area contributed by atoms with Gasteiger partial charge in [-0.25, -0.2) is 4.79 Å². The molecule has 0 aromatic heterocycles. The molecule has 2 aromatic rings. The highest BCUT2D eigenvalue weighted by molar-refractivity contribution is 6.01. The van der Waals surface area contributed by atoms with Gasteiger partial charge in [0.25, 0.3) is 5.91 Å². The Kier molecular flexibility index (Phi) is 7.06. The van der Waals surface area contributed by atoms with Crippen molar-refractivity contribution in [1.29, 1.82) is 0 Å². The smallest absolute Gasteiger partial charge is 0.407 e. The number of amides is 2. The Morgan fingerprint density at radius 2 is 1.76 bits per heavy atom. The SMILES string of the molecule is COc1cc2c(cc1OC)[C@@H](C(=O)O)[C@@H](c1ccc3c(c1)OCO3)N(CCNC(=O)OC(C)(C)C)C2=O. The molecule has 198 valence electrons. The Balaban J connectivity index is 1.76. The molecule has 2 heterocycles. The number of aliphatic carboxylic acids is 1. The zero-order valence-corrected chi connectivity index (χ0v) is 21.3. The van der Waals surface area contributed by atoms with Crippen LogP contribution in [0.2, 0.25) is 0 Å². The molecule has 0 bridgehead atoms. The van der Waals surface area contributed by atoms with E-state index >= 15 is 0 Å². The van der Waals surface area contributed by atoms with Crippen molar-refractivity contribution < 1.29 is 43.2 Å². The molecule has 0 fully saturated rings. The number of methoxy groups -OCH3 is 2. The Hall–Kier alpha value is -4.15. The van der Waals surface area contributed by atoms with Crippen LogP contribution in [0.25, 0.3) is 0 Å². The van der Waals surface area contributed by atoms with Gasteiger partial charge >= 0.3 is 12.1 Å². The van der Waals surface area contributed by atoms with Crippen molar-refractivity contribution in [2.45, 2.75) is 38.3 Å². The number of carboxylic acid groups (broad SMARTS) is 1. The van der Waals surface area contributed by atoms with E-state index in [1.54, 1.807) is 39.0 Å². The van der Waals surface area contributed by atoms with Gasteiger partial charge in [0, 0.05) is 18.7 Å². The minimum Gasteiger partial charge on any atom is -0.493 e. The summed E-state index contributed by atoms with van der Waals surface area (Å²) in [5.74, 6) is -1.09. The minimum atomic E-state index is -1.14. The van der Waals surface area contributed by atoms with E-state index in [0.717, 1.165) is 0 Å². The van der Waals surface area contributed by atoms with Crippen LogP contribution >= 0.6 is 0 Å². The second kappa shape index (κ2) is 10.1. The van der Waals surface area contributed by atoms with Crippen molar-refractivity contribution in [3.63, 3.8) is 0 Å². The van der Waals surface area contributed by atoms with E-state index in [9.17, 15) is 19.5 Å². The van der Waals surface area contributed by atoms with Crippen LogP contribution in [0, 0.1) is 0 Å². The van der Waals surface area contributed by atoms with Crippen LogP contribution in [0.1, 0.15) is 54.2 Å². The summed E-state index contributed by atoms with van der Waals surface area (Å²) in [6, 6.07) is 7.17. The van der Waals surface area contributed by atoms with Crippen LogP contribution in [0.3, 0.4) is 0 Å². The van der Waals surface area contributed by atoms with Gasteiger partial charge in [-0.2, -0.15) is 0 Å². The van der Waals surface area contributed by atoms with Crippen LogP contribution in [0.15, 0.2) is 30.3 Å². The van der Waals surface area contributed by atoms with Crippen LogP contribution in [-0.2, 0) is 9.53 Å². The molecule has 2 amide bonds.